The average Bonchev–Trinajstić information content (AvgIpc) is 4.20. The molecule has 0 fully saturated rings. The fourth-order valence-corrected chi connectivity index (χ4v) is 11.7. The molecule has 11 rings (SSSR count). The van der Waals surface area contributed by atoms with Crippen molar-refractivity contribution in [1.29, 1.82) is 0 Å². The third kappa shape index (κ3) is 11.0. The Morgan fingerprint density at radius 2 is 0.963 bits per heavy atom. The minimum absolute atomic E-state index is 0. The Morgan fingerprint density at radius 3 is 1.54 bits per heavy atom. The monoisotopic (exact) mass is 1260 g/mol. The van der Waals surface area contributed by atoms with E-state index in [-0.39, 0.29) is 48.1 Å². The normalized spacial score (nSPS) is 13.4. The number of pyridine rings is 1. The van der Waals surface area contributed by atoms with Gasteiger partial charge in [-0.2, -0.15) is 6.07 Å². The summed E-state index contributed by atoms with van der Waals surface area (Å²) in [5, 5.41) is 2.19. The second-order valence-electron chi connectivity index (χ2n) is 27.6. The Kier molecular flexibility index (Phi) is 15.0. The Balaban J connectivity index is 0.00000753. The van der Waals surface area contributed by atoms with Gasteiger partial charge in [-0.3, -0.25) is 0 Å². The number of ether oxygens (including phenoxy) is 1. The van der Waals surface area contributed by atoms with Gasteiger partial charge in [0.25, 0.3) is 0 Å². The fourth-order valence-electron chi connectivity index (χ4n) is 11.7. The van der Waals surface area contributed by atoms with Gasteiger partial charge in [0.1, 0.15) is 5.82 Å². The molecule has 0 saturated heterocycles. The molecule has 0 N–H and O–H groups in total. The van der Waals surface area contributed by atoms with Crippen molar-refractivity contribution in [2.45, 2.75) is 143 Å². The Bertz CT molecular complexity index is 3980. The van der Waals surface area contributed by atoms with Gasteiger partial charge >= 0.3 is 0 Å². The number of rotatable bonds is 10. The van der Waals surface area contributed by atoms with Gasteiger partial charge in [0.2, 0.25) is 0 Å². The van der Waals surface area contributed by atoms with E-state index in [1.54, 1.807) is 0 Å². The van der Waals surface area contributed by atoms with Crippen LogP contribution in [0.3, 0.4) is 0 Å². The van der Waals surface area contributed by atoms with E-state index in [0.717, 1.165) is 61.5 Å². The Morgan fingerprint density at radius 1 is 0.415 bits per heavy atom. The van der Waals surface area contributed by atoms with Crippen molar-refractivity contribution in [3.8, 4) is 28.4 Å². The number of anilines is 4. The van der Waals surface area contributed by atoms with E-state index in [2.05, 4.69) is 320 Å². The summed E-state index contributed by atoms with van der Waals surface area (Å²) in [5.41, 5.74) is 17.3. The molecular weight excluding hydrogens is 1180 g/mol. The molecule has 0 atom stereocenters. The van der Waals surface area contributed by atoms with Crippen LogP contribution < -0.4 is 14.5 Å². The zero-order valence-electron chi connectivity index (χ0n) is 50.9. The van der Waals surface area contributed by atoms with E-state index in [9.17, 15) is 0 Å². The van der Waals surface area contributed by atoms with E-state index in [4.69, 9.17) is 9.72 Å². The van der Waals surface area contributed by atoms with Gasteiger partial charge in [0.15, 0.2) is 0 Å². The number of aromatic nitrogens is 2. The standard InChI is InChI=1S/C76H79N4O.Pt/c1-71(2,3)54-36-37-77-70(44-54)80-66-35-32-51(50-26-20-17-21-27-50)38-63(66)62-34-33-60(46-67(62)80)81-61-43-57(76(15,16)53-30-24-19-25-31-53)42-59(45-61)79-49-78(68-47-64(73(7,8)9)65(48-69(68)79)74(10,11)12)58-40-55(72(4,5)6)39-56(41-58)75(13,14)52-28-22-18-23-29-52;/h17-44,47-49H,1-16H3;/q-3;. The van der Waals surface area contributed by atoms with Crippen LogP contribution in [0.5, 0.6) is 11.5 Å². The van der Waals surface area contributed by atoms with Crippen LogP contribution in [0.25, 0.3) is 38.8 Å². The summed E-state index contributed by atoms with van der Waals surface area (Å²) in [6, 6.07) is 72.0. The summed E-state index contributed by atoms with van der Waals surface area (Å²) in [6.07, 6.45) is 1.93. The van der Waals surface area contributed by atoms with Crippen LogP contribution in [0.1, 0.15) is 155 Å². The smallest absolute Gasteiger partial charge is 0.135 e. The summed E-state index contributed by atoms with van der Waals surface area (Å²) in [4.78, 5) is 9.80. The van der Waals surface area contributed by atoms with Crippen LogP contribution in [-0.2, 0) is 53.6 Å². The molecule has 0 amide bonds. The van der Waals surface area contributed by atoms with E-state index in [1.165, 1.54) is 44.5 Å². The molecule has 82 heavy (non-hydrogen) atoms. The van der Waals surface area contributed by atoms with Crippen molar-refractivity contribution < 1.29 is 25.8 Å². The van der Waals surface area contributed by atoms with Crippen LogP contribution in [-0.4, -0.2) is 9.55 Å². The molecule has 0 aliphatic carbocycles. The van der Waals surface area contributed by atoms with Crippen LogP contribution in [0.2, 0.25) is 0 Å². The number of benzene rings is 8. The maximum Gasteiger partial charge on any atom is 0.135 e. The van der Waals surface area contributed by atoms with Gasteiger partial charge < -0.3 is 19.1 Å². The topological polar surface area (TPSA) is 33.5 Å². The summed E-state index contributed by atoms with van der Waals surface area (Å²) in [7, 11) is 0. The zero-order chi connectivity index (χ0) is 57.6. The summed E-state index contributed by atoms with van der Waals surface area (Å²) in [5.74, 6) is 2.02. The van der Waals surface area contributed by atoms with Crippen molar-refractivity contribution in [3.63, 3.8) is 0 Å². The molecule has 1 aliphatic rings. The van der Waals surface area contributed by atoms with Gasteiger partial charge in [0.05, 0.1) is 0 Å². The molecule has 0 spiro atoms. The number of fused-ring (bicyclic) bond motifs is 4. The second kappa shape index (κ2) is 21.2. The number of hydrogen-bond acceptors (Lipinski definition) is 4. The predicted molar refractivity (Wildman–Crippen MR) is 342 cm³/mol. The molecule has 3 heterocycles. The molecule has 0 saturated carbocycles. The first kappa shape index (κ1) is 58.0. The molecule has 2 aromatic heterocycles. The van der Waals surface area contributed by atoms with Gasteiger partial charge in [0, 0.05) is 66.8 Å². The SMILES string of the molecule is CC(C)(C)c1cc(N2[CH-]N(c3[c-]c(Oc4[c-]c5c(cc4)c4cc(-c6ccccc6)ccc4n5-c4cc(C(C)(C)C)ccn4)cc(C(C)(C)c4ccccc4)c3)c3cc(C(C)(C)C)c(C(C)(C)C)cc32)cc(C(C)(C)c2ccccc2)c1.[Pt]. The molecule has 422 valence electrons. The Hall–Kier alpha value is -7.20. The fraction of sp³-hybridized carbons (Fsp3) is 0.289. The van der Waals surface area contributed by atoms with Crippen LogP contribution in [0, 0.1) is 18.8 Å². The zero-order valence-corrected chi connectivity index (χ0v) is 53.2. The van der Waals surface area contributed by atoms with Gasteiger partial charge in [-0.15, -0.1) is 53.6 Å². The predicted octanol–water partition coefficient (Wildman–Crippen LogP) is 20.5. The summed E-state index contributed by atoms with van der Waals surface area (Å²) in [6.45, 7) is 39.3. The first-order valence-corrected chi connectivity index (χ1v) is 28.8. The third-order valence-corrected chi connectivity index (χ3v) is 16.9. The molecule has 10 aromatic rings. The molecule has 8 aromatic carbocycles. The Labute approximate surface area is 503 Å². The van der Waals surface area contributed by atoms with Crippen LogP contribution >= 0.6 is 0 Å². The molecule has 0 unspecified atom stereocenters. The number of nitrogens with zero attached hydrogens (tertiary/aromatic N) is 4. The minimum Gasteiger partial charge on any atom is -0.509 e. The first-order chi connectivity index (χ1) is 38.2. The van der Waals surface area contributed by atoms with Gasteiger partial charge in [-0.05, 0) is 125 Å². The summed E-state index contributed by atoms with van der Waals surface area (Å²) >= 11 is 0. The van der Waals surface area contributed by atoms with Gasteiger partial charge in [-0.1, -0.05) is 225 Å². The van der Waals surface area contributed by atoms with Crippen molar-refractivity contribution in [2.75, 3.05) is 9.80 Å². The van der Waals surface area contributed by atoms with E-state index in [1.807, 2.05) is 6.20 Å². The number of hydrogen-bond donors (Lipinski definition) is 0. The van der Waals surface area contributed by atoms with Crippen LogP contribution in [0.4, 0.5) is 22.7 Å². The molecule has 6 heteroatoms. The van der Waals surface area contributed by atoms with E-state index < -0.39 is 5.41 Å². The van der Waals surface area contributed by atoms with Gasteiger partial charge in [-0.25, -0.2) is 4.98 Å². The molecule has 0 bridgehead atoms. The first-order valence-electron chi connectivity index (χ1n) is 28.8. The summed E-state index contributed by atoms with van der Waals surface area (Å²) < 4.78 is 9.45. The van der Waals surface area contributed by atoms with Crippen molar-refractivity contribution >= 4 is 44.6 Å². The second-order valence-corrected chi connectivity index (χ2v) is 27.6. The average molecular weight is 1260 g/mol. The van der Waals surface area contributed by atoms with Crippen molar-refractivity contribution in [2.24, 2.45) is 0 Å². The van der Waals surface area contributed by atoms with Crippen molar-refractivity contribution in [3.05, 3.63) is 245 Å². The maximum absolute atomic E-state index is 7.21. The van der Waals surface area contributed by atoms with Crippen LogP contribution in [0.15, 0.2) is 182 Å². The van der Waals surface area contributed by atoms with E-state index >= 15 is 0 Å². The maximum atomic E-state index is 7.21. The third-order valence-electron chi connectivity index (χ3n) is 16.9. The quantitative estimate of drug-likeness (QED) is 0.128. The largest absolute Gasteiger partial charge is 0.509 e. The molecule has 5 nitrogen and oxygen atoms in total. The molecule has 1 aliphatic heterocycles. The molecular formula is C76H79N4OPt-3. The van der Waals surface area contributed by atoms with E-state index in [0.29, 0.717) is 11.5 Å². The molecule has 0 radical (unpaired) electrons. The van der Waals surface area contributed by atoms with Crippen molar-refractivity contribution in [1.82, 2.24) is 9.55 Å². The minimum atomic E-state index is -0.419.